The van der Waals surface area contributed by atoms with Crippen molar-refractivity contribution in [1.29, 1.82) is 0 Å². The average Bonchev–Trinajstić information content (AvgIpc) is 2.56. The van der Waals surface area contributed by atoms with Gasteiger partial charge in [-0.15, -0.1) is 0 Å². The molecule has 2 fully saturated rings. The monoisotopic (exact) mass is 340 g/mol. The number of halogens is 3. The van der Waals surface area contributed by atoms with E-state index in [1.54, 1.807) is 0 Å². The summed E-state index contributed by atoms with van der Waals surface area (Å²) in [5.74, 6) is -0.574. The fourth-order valence-corrected chi connectivity index (χ4v) is 3.18. The molecule has 132 valence electrons. The maximum Gasteiger partial charge on any atom is 0.393 e. The first-order chi connectivity index (χ1) is 11.5. The van der Waals surface area contributed by atoms with Crippen LogP contribution in [-0.2, 0) is 0 Å². The summed E-state index contributed by atoms with van der Waals surface area (Å²) >= 11 is 0. The van der Waals surface area contributed by atoms with Gasteiger partial charge in [0.1, 0.15) is 12.0 Å². The Bertz CT molecular complexity index is 570. The maximum absolute atomic E-state index is 12.7. The van der Waals surface area contributed by atoms with Crippen molar-refractivity contribution < 1.29 is 17.9 Å². The molecule has 1 aromatic carbocycles. The molecule has 1 aromatic rings. The third-order valence-electron chi connectivity index (χ3n) is 4.59. The molecule has 0 amide bonds. The van der Waals surface area contributed by atoms with Gasteiger partial charge in [0.25, 0.3) is 0 Å². The first-order valence-electron chi connectivity index (χ1n) is 8.48. The molecule has 0 spiro atoms. The molecule has 2 aliphatic heterocycles. The second-order valence-electron chi connectivity index (χ2n) is 6.46. The first kappa shape index (κ1) is 17.3. The zero-order valence-electron chi connectivity index (χ0n) is 13.5. The van der Waals surface area contributed by atoms with Gasteiger partial charge in [-0.25, -0.2) is 0 Å². The van der Waals surface area contributed by atoms with E-state index < -0.39 is 12.1 Å². The number of rotatable bonds is 3. The van der Waals surface area contributed by atoms with Gasteiger partial charge in [-0.1, -0.05) is 23.8 Å². The molecule has 2 heterocycles. The molecule has 2 aliphatic rings. The van der Waals surface area contributed by atoms with E-state index in [9.17, 15) is 13.2 Å². The third kappa shape index (κ3) is 4.74. The summed E-state index contributed by atoms with van der Waals surface area (Å²) in [5.41, 5.74) is 2.49. The summed E-state index contributed by atoms with van der Waals surface area (Å²) in [5, 5.41) is 6.19. The normalized spacial score (nSPS) is 25.4. The van der Waals surface area contributed by atoms with E-state index in [2.05, 4.69) is 16.7 Å². The van der Waals surface area contributed by atoms with Crippen LogP contribution in [0.3, 0.4) is 0 Å². The van der Waals surface area contributed by atoms with Gasteiger partial charge in [-0.3, -0.25) is 5.32 Å². The minimum absolute atomic E-state index is 0.0785. The second-order valence-corrected chi connectivity index (χ2v) is 6.46. The molecule has 2 unspecified atom stereocenters. The lowest BCUT2D eigenvalue weighted by Crippen LogP contribution is -2.46. The highest BCUT2D eigenvalue weighted by molar-refractivity contribution is 5.55. The van der Waals surface area contributed by atoms with Crippen molar-refractivity contribution >= 4 is 6.08 Å². The molecular formula is C18H23F3N2O. The quantitative estimate of drug-likeness (QED) is 0.880. The van der Waals surface area contributed by atoms with E-state index in [-0.39, 0.29) is 19.2 Å². The molecular weight excluding hydrogens is 317 g/mol. The highest BCUT2D eigenvalue weighted by Gasteiger charge is 2.41. The Morgan fingerprint density at radius 2 is 1.92 bits per heavy atom. The highest BCUT2D eigenvalue weighted by Crippen LogP contribution is 2.32. The number of nitrogens with one attached hydrogen (secondary N) is 2. The summed E-state index contributed by atoms with van der Waals surface area (Å²) in [7, 11) is 0. The lowest BCUT2D eigenvalue weighted by Gasteiger charge is -2.31. The fourth-order valence-electron chi connectivity index (χ4n) is 3.18. The number of hydrogen-bond donors (Lipinski definition) is 2. The van der Waals surface area contributed by atoms with Crippen molar-refractivity contribution in [2.75, 3.05) is 19.6 Å². The highest BCUT2D eigenvalue weighted by atomic mass is 19.4. The molecule has 24 heavy (non-hydrogen) atoms. The average molecular weight is 340 g/mol. The van der Waals surface area contributed by atoms with E-state index in [0.29, 0.717) is 12.2 Å². The van der Waals surface area contributed by atoms with Crippen LogP contribution in [-0.4, -0.2) is 32.0 Å². The smallest absolute Gasteiger partial charge is 0.393 e. The van der Waals surface area contributed by atoms with Gasteiger partial charge in [-0.2, -0.15) is 13.2 Å². The minimum Gasteiger partial charge on any atom is -0.475 e. The SMILES string of the molecule is FC(F)(F)C1CCC(Oc2cccc(C=C3CCNCC3)c2)NC1. The Morgan fingerprint density at radius 1 is 1.12 bits per heavy atom. The molecule has 0 aliphatic carbocycles. The van der Waals surface area contributed by atoms with Gasteiger partial charge in [0, 0.05) is 6.54 Å². The third-order valence-corrected chi connectivity index (χ3v) is 4.59. The van der Waals surface area contributed by atoms with E-state index in [0.717, 1.165) is 31.5 Å². The van der Waals surface area contributed by atoms with E-state index in [4.69, 9.17) is 4.74 Å². The van der Waals surface area contributed by atoms with Crippen LogP contribution >= 0.6 is 0 Å². The van der Waals surface area contributed by atoms with Gasteiger partial charge in [0.15, 0.2) is 0 Å². The molecule has 0 aromatic heterocycles. The van der Waals surface area contributed by atoms with Crippen LogP contribution in [0.25, 0.3) is 6.08 Å². The van der Waals surface area contributed by atoms with E-state index in [1.807, 2.05) is 24.3 Å². The van der Waals surface area contributed by atoms with Crippen LogP contribution in [0.2, 0.25) is 0 Å². The molecule has 0 saturated carbocycles. The number of alkyl halides is 3. The molecule has 2 atom stereocenters. The maximum atomic E-state index is 12.7. The van der Waals surface area contributed by atoms with Gasteiger partial charge >= 0.3 is 6.18 Å². The second kappa shape index (κ2) is 7.57. The number of hydrogen-bond acceptors (Lipinski definition) is 3. The zero-order valence-corrected chi connectivity index (χ0v) is 13.5. The van der Waals surface area contributed by atoms with Crippen LogP contribution < -0.4 is 15.4 Å². The van der Waals surface area contributed by atoms with Crippen molar-refractivity contribution in [3.05, 3.63) is 35.4 Å². The van der Waals surface area contributed by atoms with Crippen LogP contribution in [0.5, 0.6) is 5.75 Å². The van der Waals surface area contributed by atoms with Crippen LogP contribution in [0.15, 0.2) is 29.8 Å². The molecule has 2 saturated heterocycles. The Morgan fingerprint density at radius 3 is 2.58 bits per heavy atom. The Labute approximate surface area is 140 Å². The number of benzene rings is 1. The number of piperidine rings is 2. The van der Waals surface area contributed by atoms with Crippen LogP contribution in [0, 0.1) is 5.92 Å². The summed E-state index contributed by atoms with van der Waals surface area (Å²) in [4.78, 5) is 0. The van der Waals surface area contributed by atoms with E-state index >= 15 is 0 Å². The van der Waals surface area contributed by atoms with Gasteiger partial charge < -0.3 is 10.1 Å². The largest absolute Gasteiger partial charge is 0.475 e. The first-order valence-corrected chi connectivity index (χ1v) is 8.48. The van der Waals surface area contributed by atoms with E-state index in [1.165, 1.54) is 5.57 Å². The minimum atomic E-state index is -4.13. The van der Waals surface area contributed by atoms with Crippen molar-refractivity contribution in [3.63, 3.8) is 0 Å². The lowest BCUT2D eigenvalue weighted by atomic mass is 9.98. The fraction of sp³-hybridized carbons (Fsp3) is 0.556. The van der Waals surface area contributed by atoms with Crippen molar-refractivity contribution in [2.24, 2.45) is 5.92 Å². The van der Waals surface area contributed by atoms with Crippen molar-refractivity contribution in [3.8, 4) is 5.75 Å². The predicted octanol–water partition coefficient (Wildman–Crippen LogP) is 3.72. The van der Waals surface area contributed by atoms with Gasteiger partial charge in [-0.05, 0) is 56.5 Å². The molecule has 2 N–H and O–H groups in total. The van der Waals surface area contributed by atoms with Crippen molar-refractivity contribution in [2.45, 2.75) is 38.1 Å². The zero-order chi connectivity index (χ0) is 17.0. The topological polar surface area (TPSA) is 33.3 Å². The summed E-state index contributed by atoms with van der Waals surface area (Å²) < 4.78 is 43.9. The standard InChI is InChI=1S/C18H23F3N2O/c19-18(20,21)15-4-5-17(23-12-15)24-16-3-1-2-14(11-16)10-13-6-8-22-9-7-13/h1-3,10-11,15,17,22-23H,4-9,12H2. The number of ether oxygens (including phenoxy) is 1. The van der Waals surface area contributed by atoms with Gasteiger partial charge in [0.05, 0.1) is 5.92 Å². The molecule has 3 nitrogen and oxygen atoms in total. The Kier molecular flexibility index (Phi) is 5.46. The summed E-state index contributed by atoms with van der Waals surface area (Å²) in [6.45, 7) is 1.94. The molecule has 0 bridgehead atoms. The predicted molar refractivity (Wildman–Crippen MR) is 87.7 cm³/mol. The van der Waals surface area contributed by atoms with Crippen LogP contribution in [0.1, 0.15) is 31.2 Å². The summed E-state index contributed by atoms with van der Waals surface area (Å²) in [6.07, 6.45) is 0.271. The summed E-state index contributed by atoms with van der Waals surface area (Å²) in [6, 6.07) is 7.74. The van der Waals surface area contributed by atoms with Crippen molar-refractivity contribution in [1.82, 2.24) is 10.6 Å². The van der Waals surface area contributed by atoms with Crippen LogP contribution in [0.4, 0.5) is 13.2 Å². The molecule has 6 heteroatoms. The molecule has 3 rings (SSSR count). The van der Waals surface area contributed by atoms with Gasteiger partial charge in [0.2, 0.25) is 0 Å². The lowest BCUT2D eigenvalue weighted by molar-refractivity contribution is -0.182. The Hall–Kier alpha value is -1.53. The Balaban J connectivity index is 1.57. The molecule has 0 radical (unpaired) electrons.